The van der Waals surface area contributed by atoms with Gasteiger partial charge in [-0.1, -0.05) is 23.2 Å². The van der Waals surface area contributed by atoms with Crippen LogP contribution < -0.4 is 10.2 Å². The van der Waals surface area contributed by atoms with Crippen LogP contribution in [0.3, 0.4) is 0 Å². The summed E-state index contributed by atoms with van der Waals surface area (Å²) >= 11 is 11.9. The molecule has 1 amide bonds. The smallest absolute Gasteiger partial charge is 0.258 e. The van der Waals surface area contributed by atoms with Crippen LogP contribution in [0.5, 0.6) is 0 Å². The Hall–Kier alpha value is -1.85. The molecule has 0 saturated carbocycles. The Morgan fingerprint density at radius 3 is 2.64 bits per heavy atom. The van der Waals surface area contributed by atoms with Gasteiger partial charge in [0.2, 0.25) is 0 Å². The summed E-state index contributed by atoms with van der Waals surface area (Å²) in [5.41, 5.74) is 0.354. The number of anilines is 2. The van der Waals surface area contributed by atoms with Crippen molar-refractivity contribution in [1.82, 2.24) is 9.97 Å². The molecular weight excluding hydrogens is 323 g/mol. The zero-order valence-corrected chi connectivity index (χ0v) is 13.2. The van der Waals surface area contributed by atoms with Crippen molar-refractivity contribution >= 4 is 40.7 Å². The summed E-state index contributed by atoms with van der Waals surface area (Å²) in [5.74, 6) is 0.950. The fourth-order valence-electron chi connectivity index (χ4n) is 2.39. The molecule has 2 aromatic rings. The van der Waals surface area contributed by atoms with E-state index in [4.69, 9.17) is 23.2 Å². The SMILES string of the molecule is O=C(Nc1cc(N2CCCC2)ncn1)c1ccc(Cl)cc1Cl. The van der Waals surface area contributed by atoms with Crippen LogP contribution in [0, 0.1) is 0 Å². The van der Waals surface area contributed by atoms with Gasteiger partial charge < -0.3 is 10.2 Å². The van der Waals surface area contributed by atoms with Gasteiger partial charge in [0.25, 0.3) is 5.91 Å². The number of carbonyl (C=O) groups excluding carboxylic acids is 1. The molecule has 0 unspecified atom stereocenters. The highest BCUT2D eigenvalue weighted by Crippen LogP contribution is 2.23. The normalized spacial score (nSPS) is 14.2. The van der Waals surface area contributed by atoms with Gasteiger partial charge in [0.15, 0.2) is 0 Å². The van der Waals surface area contributed by atoms with Gasteiger partial charge in [-0.05, 0) is 31.0 Å². The highest BCUT2D eigenvalue weighted by atomic mass is 35.5. The van der Waals surface area contributed by atoms with Crippen molar-refractivity contribution in [1.29, 1.82) is 0 Å². The summed E-state index contributed by atoms with van der Waals surface area (Å²) in [6, 6.07) is 6.52. The molecule has 1 saturated heterocycles. The molecule has 0 spiro atoms. The maximum absolute atomic E-state index is 12.3. The first-order chi connectivity index (χ1) is 10.6. The quantitative estimate of drug-likeness (QED) is 0.929. The van der Waals surface area contributed by atoms with E-state index < -0.39 is 0 Å². The van der Waals surface area contributed by atoms with Crippen molar-refractivity contribution in [2.75, 3.05) is 23.3 Å². The summed E-state index contributed by atoms with van der Waals surface area (Å²) in [6.45, 7) is 1.96. The molecule has 0 radical (unpaired) electrons. The van der Waals surface area contributed by atoms with Crippen LogP contribution in [0.1, 0.15) is 23.2 Å². The number of carbonyl (C=O) groups is 1. The van der Waals surface area contributed by atoms with Crippen LogP contribution in [0.15, 0.2) is 30.6 Å². The van der Waals surface area contributed by atoms with Crippen molar-refractivity contribution < 1.29 is 4.79 Å². The van der Waals surface area contributed by atoms with Crippen molar-refractivity contribution in [2.24, 2.45) is 0 Å². The van der Waals surface area contributed by atoms with Crippen molar-refractivity contribution in [3.05, 3.63) is 46.2 Å². The molecular formula is C15H14Cl2N4O. The van der Waals surface area contributed by atoms with Crippen LogP contribution in [-0.4, -0.2) is 29.0 Å². The molecule has 1 aliphatic rings. The van der Waals surface area contributed by atoms with E-state index in [1.54, 1.807) is 18.2 Å². The topological polar surface area (TPSA) is 58.1 Å². The van der Waals surface area contributed by atoms with Crippen LogP contribution in [0.2, 0.25) is 10.0 Å². The van der Waals surface area contributed by atoms with Gasteiger partial charge in [-0.3, -0.25) is 4.79 Å². The molecule has 2 heterocycles. The summed E-state index contributed by atoms with van der Waals surface area (Å²) in [6.07, 6.45) is 3.77. The van der Waals surface area contributed by atoms with E-state index in [0.717, 1.165) is 31.7 Å². The minimum Gasteiger partial charge on any atom is -0.356 e. The summed E-state index contributed by atoms with van der Waals surface area (Å²) in [5, 5.41) is 3.53. The third-order valence-corrected chi connectivity index (χ3v) is 4.05. The van der Waals surface area contributed by atoms with E-state index in [-0.39, 0.29) is 5.91 Å². The maximum Gasteiger partial charge on any atom is 0.258 e. The third-order valence-electron chi connectivity index (χ3n) is 3.50. The molecule has 1 aromatic carbocycles. The molecule has 0 atom stereocenters. The number of aromatic nitrogens is 2. The lowest BCUT2D eigenvalue weighted by molar-refractivity contribution is 0.102. The molecule has 0 bridgehead atoms. The van der Waals surface area contributed by atoms with Crippen LogP contribution in [-0.2, 0) is 0 Å². The van der Waals surface area contributed by atoms with Gasteiger partial charge >= 0.3 is 0 Å². The Morgan fingerprint density at radius 1 is 1.14 bits per heavy atom. The first kappa shape index (κ1) is 15.1. The van der Waals surface area contributed by atoms with E-state index in [9.17, 15) is 4.79 Å². The minimum absolute atomic E-state index is 0.304. The average Bonchev–Trinajstić information content (AvgIpc) is 3.01. The van der Waals surface area contributed by atoms with Crippen molar-refractivity contribution in [2.45, 2.75) is 12.8 Å². The van der Waals surface area contributed by atoms with Crippen LogP contribution in [0.4, 0.5) is 11.6 Å². The van der Waals surface area contributed by atoms with Gasteiger partial charge in [0.1, 0.15) is 18.0 Å². The van der Waals surface area contributed by atoms with Gasteiger partial charge in [-0.15, -0.1) is 0 Å². The van der Waals surface area contributed by atoms with E-state index in [1.807, 2.05) is 0 Å². The Bertz CT molecular complexity index is 702. The summed E-state index contributed by atoms with van der Waals surface area (Å²) in [4.78, 5) is 22.8. The number of rotatable bonds is 3. The first-order valence-corrected chi connectivity index (χ1v) is 7.72. The maximum atomic E-state index is 12.3. The van der Waals surface area contributed by atoms with Gasteiger partial charge in [-0.2, -0.15) is 0 Å². The number of amides is 1. The standard InChI is InChI=1S/C15H14Cl2N4O/c16-10-3-4-11(12(17)7-10)15(22)20-13-8-14(19-9-18-13)21-5-1-2-6-21/h3-4,7-9H,1-2,5-6H2,(H,18,19,20,22). The van der Waals surface area contributed by atoms with Crippen LogP contribution >= 0.6 is 23.2 Å². The largest absolute Gasteiger partial charge is 0.356 e. The molecule has 1 fully saturated rings. The number of benzene rings is 1. The molecule has 22 heavy (non-hydrogen) atoms. The first-order valence-electron chi connectivity index (χ1n) is 6.97. The lowest BCUT2D eigenvalue weighted by Gasteiger charge is -2.16. The third kappa shape index (κ3) is 3.31. The van der Waals surface area contributed by atoms with Gasteiger partial charge in [-0.25, -0.2) is 9.97 Å². The molecule has 3 rings (SSSR count). The molecule has 0 aliphatic carbocycles. The van der Waals surface area contributed by atoms with E-state index in [0.29, 0.717) is 21.4 Å². The molecule has 1 aromatic heterocycles. The van der Waals surface area contributed by atoms with Crippen molar-refractivity contribution in [3.63, 3.8) is 0 Å². The number of hydrogen-bond donors (Lipinski definition) is 1. The van der Waals surface area contributed by atoms with Crippen molar-refractivity contribution in [3.8, 4) is 0 Å². The fraction of sp³-hybridized carbons (Fsp3) is 0.267. The predicted octanol–water partition coefficient (Wildman–Crippen LogP) is 3.64. The van der Waals surface area contributed by atoms with E-state index >= 15 is 0 Å². The second kappa shape index (κ2) is 6.50. The molecule has 5 nitrogen and oxygen atoms in total. The Labute approximate surface area is 138 Å². The molecule has 7 heteroatoms. The predicted molar refractivity (Wildman–Crippen MR) is 87.9 cm³/mol. The second-order valence-corrected chi connectivity index (χ2v) is 5.88. The number of nitrogens with one attached hydrogen (secondary N) is 1. The van der Waals surface area contributed by atoms with E-state index in [1.165, 1.54) is 12.4 Å². The Kier molecular flexibility index (Phi) is 4.45. The lowest BCUT2D eigenvalue weighted by atomic mass is 10.2. The monoisotopic (exact) mass is 336 g/mol. The average molecular weight is 337 g/mol. The van der Waals surface area contributed by atoms with Gasteiger partial charge in [0.05, 0.1) is 10.6 Å². The fourth-order valence-corrected chi connectivity index (χ4v) is 2.89. The zero-order chi connectivity index (χ0) is 15.5. The number of hydrogen-bond acceptors (Lipinski definition) is 4. The lowest BCUT2D eigenvalue weighted by Crippen LogP contribution is -2.20. The number of halogens is 2. The molecule has 114 valence electrons. The second-order valence-electron chi connectivity index (χ2n) is 5.03. The molecule has 1 aliphatic heterocycles. The zero-order valence-electron chi connectivity index (χ0n) is 11.7. The minimum atomic E-state index is -0.326. The highest BCUT2D eigenvalue weighted by Gasteiger charge is 2.16. The Morgan fingerprint density at radius 2 is 1.91 bits per heavy atom. The van der Waals surface area contributed by atoms with Crippen LogP contribution in [0.25, 0.3) is 0 Å². The molecule has 1 N–H and O–H groups in total. The number of nitrogens with zero attached hydrogens (tertiary/aromatic N) is 3. The summed E-state index contributed by atoms with van der Waals surface area (Å²) in [7, 11) is 0. The summed E-state index contributed by atoms with van der Waals surface area (Å²) < 4.78 is 0. The Balaban J connectivity index is 1.77. The highest BCUT2D eigenvalue weighted by molar-refractivity contribution is 6.37. The van der Waals surface area contributed by atoms with E-state index in [2.05, 4.69) is 20.2 Å². The van der Waals surface area contributed by atoms with Gasteiger partial charge in [0, 0.05) is 24.2 Å².